The number of aliphatic hydroxyl groups excluding tert-OH is 1. The summed E-state index contributed by atoms with van der Waals surface area (Å²) in [5.74, 6) is 1.61. The Balaban J connectivity index is 1.28. The number of aliphatic hydroxyl groups is 2. The Bertz CT molecular complexity index is 1100. The Hall–Kier alpha value is -1.69. The van der Waals surface area contributed by atoms with Gasteiger partial charge >= 0.3 is 0 Å². The van der Waals surface area contributed by atoms with E-state index in [0.29, 0.717) is 41.3 Å². The molecule has 2 atom stereocenters. The number of nitrogens with zero attached hydrogens (tertiary/aromatic N) is 5. The van der Waals surface area contributed by atoms with Gasteiger partial charge in [0.25, 0.3) is 0 Å². The predicted octanol–water partition coefficient (Wildman–Crippen LogP) is 2.71. The molecule has 3 saturated heterocycles. The second-order valence-corrected chi connectivity index (χ2v) is 12.3. The highest BCUT2D eigenvalue weighted by molar-refractivity contribution is 7.99. The molecule has 11 heteroatoms. The van der Waals surface area contributed by atoms with Gasteiger partial charge < -0.3 is 30.5 Å². The molecular formula is C25H35ClN6O3S. The number of anilines is 2. The maximum atomic E-state index is 10.2. The average molecular weight is 535 g/mol. The largest absolute Gasteiger partial charge is 0.390 e. The van der Waals surface area contributed by atoms with Crippen LogP contribution in [0.4, 0.5) is 11.6 Å². The first-order chi connectivity index (χ1) is 17.1. The van der Waals surface area contributed by atoms with Crippen LogP contribution < -0.4 is 15.5 Å². The van der Waals surface area contributed by atoms with Gasteiger partial charge in [-0.15, -0.1) is 0 Å². The van der Waals surface area contributed by atoms with E-state index in [2.05, 4.69) is 14.8 Å². The molecule has 2 aromatic rings. The van der Waals surface area contributed by atoms with E-state index >= 15 is 0 Å². The lowest BCUT2D eigenvalue weighted by Crippen LogP contribution is -2.56. The van der Waals surface area contributed by atoms with Crippen LogP contribution in [0.2, 0.25) is 5.02 Å². The monoisotopic (exact) mass is 534 g/mol. The van der Waals surface area contributed by atoms with Crippen LogP contribution in [0.1, 0.15) is 39.3 Å². The summed E-state index contributed by atoms with van der Waals surface area (Å²) in [5, 5.41) is 21.5. The molecule has 3 aliphatic rings. The van der Waals surface area contributed by atoms with Crippen LogP contribution in [0.15, 0.2) is 28.4 Å². The zero-order valence-electron chi connectivity index (χ0n) is 21.0. The van der Waals surface area contributed by atoms with Gasteiger partial charge in [-0.05, 0) is 39.7 Å². The van der Waals surface area contributed by atoms with Crippen LogP contribution in [0.3, 0.4) is 0 Å². The lowest BCUT2D eigenvalue weighted by atomic mass is 9.73. The van der Waals surface area contributed by atoms with Crippen molar-refractivity contribution in [1.82, 2.24) is 15.0 Å². The molecule has 3 fully saturated rings. The molecule has 1 spiro atoms. The topological polar surface area (TPSA) is 121 Å². The van der Waals surface area contributed by atoms with Crippen molar-refractivity contribution in [3.8, 4) is 0 Å². The van der Waals surface area contributed by atoms with Gasteiger partial charge in [0.1, 0.15) is 16.5 Å². The third-order valence-corrected chi connectivity index (χ3v) is 9.54. The molecule has 2 aromatic heterocycles. The minimum atomic E-state index is -0.725. The van der Waals surface area contributed by atoms with Gasteiger partial charge in [-0.25, -0.2) is 15.0 Å². The van der Waals surface area contributed by atoms with E-state index in [1.54, 1.807) is 12.4 Å². The van der Waals surface area contributed by atoms with Crippen molar-refractivity contribution in [1.29, 1.82) is 0 Å². The van der Waals surface area contributed by atoms with E-state index in [9.17, 15) is 10.2 Å². The maximum Gasteiger partial charge on any atom is 0.152 e. The Morgan fingerprint density at radius 1 is 1.22 bits per heavy atom. The Morgan fingerprint density at radius 3 is 2.56 bits per heavy atom. The number of nitrogens with two attached hydrogens (primary N) is 1. The molecule has 0 aromatic carbocycles. The van der Waals surface area contributed by atoms with Crippen molar-refractivity contribution < 1.29 is 14.9 Å². The minimum absolute atomic E-state index is 0.0255. The molecule has 0 amide bonds. The summed E-state index contributed by atoms with van der Waals surface area (Å²) in [7, 11) is 0. The first-order valence-corrected chi connectivity index (χ1v) is 13.7. The summed E-state index contributed by atoms with van der Waals surface area (Å²) in [6.45, 7) is 9.25. The van der Waals surface area contributed by atoms with Crippen molar-refractivity contribution in [3.05, 3.63) is 29.2 Å². The number of piperidine rings is 1. The van der Waals surface area contributed by atoms with E-state index in [0.717, 1.165) is 36.6 Å². The number of ether oxygens (including phenoxy) is 1. The Morgan fingerprint density at radius 2 is 1.94 bits per heavy atom. The van der Waals surface area contributed by atoms with E-state index in [1.165, 1.54) is 11.8 Å². The smallest absolute Gasteiger partial charge is 0.152 e. The lowest BCUT2D eigenvalue weighted by molar-refractivity contribution is 0.00438. The van der Waals surface area contributed by atoms with Crippen molar-refractivity contribution in [2.45, 2.75) is 67.9 Å². The van der Waals surface area contributed by atoms with Crippen molar-refractivity contribution in [2.75, 3.05) is 42.6 Å². The fourth-order valence-electron chi connectivity index (χ4n) is 5.38. The molecule has 9 nitrogen and oxygen atoms in total. The summed E-state index contributed by atoms with van der Waals surface area (Å²) < 4.78 is 5.84. The summed E-state index contributed by atoms with van der Waals surface area (Å²) in [6.07, 6.45) is 5.42. The average Bonchev–Trinajstić information content (AvgIpc) is 3.08. The minimum Gasteiger partial charge on any atom is -0.390 e. The van der Waals surface area contributed by atoms with Crippen molar-refractivity contribution in [3.63, 3.8) is 0 Å². The van der Waals surface area contributed by atoms with Gasteiger partial charge in [0.05, 0.1) is 36.1 Å². The number of halogens is 1. The molecule has 0 unspecified atom stereocenters. The number of rotatable bonds is 6. The summed E-state index contributed by atoms with van der Waals surface area (Å²) in [6, 6.07) is 1.91. The fourth-order valence-corrected chi connectivity index (χ4v) is 6.53. The zero-order chi connectivity index (χ0) is 25.7. The third-order valence-electron chi connectivity index (χ3n) is 8.09. The van der Waals surface area contributed by atoms with Crippen molar-refractivity contribution >= 4 is 35.0 Å². The molecule has 0 bridgehead atoms. The first-order valence-electron chi connectivity index (χ1n) is 12.5. The van der Waals surface area contributed by atoms with Gasteiger partial charge in [-0.2, -0.15) is 0 Å². The SMILES string of the molecule is C[C@@H]1OCC2(CCN(c3ncc(Sc4ccnc(N5CC(C(C)(C)O)C5)c4Cl)nc3CO)CC2)[C@@H]1N. The zero-order valence-corrected chi connectivity index (χ0v) is 22.6. The van der Waals surface area contributed by atoms with Gasteiger partial charge in [0, 0.05) is 54.6 Å². The van der Waals surface area contributed by atoms with Gasteiger partial charge in [-0.1, -0.05) is 23.4 Å². The second kappa shape index (κ2) is 9.89. The second-order valence-electron chi connectivity index (χ2n) is 10.8. The molecule has 3 aliphatic heterocycles. The third kappa shape index (κ3) is 4.79. The van der Waals surface area contributed by atoms with Gasteiger partial charge in [-0.3, -0.25) is 0 Å². The van der Waals surface area contributed by atoms with E-state index < -0.39 is 5.60 Å². The quantitative estimate of drug-likeness (QED) is 0.510. The first kappa shape index (κ1) is 25.9. The number of hydrogen-bond donors (Lipinski definition) is 3. The Kier molecular flexibility index (Phi) is 7.12. The normalized spacial score (nSPS) is 24.4. The number of hydrogen-bond acceptors (Lipinski definition) is 10. The molecule has 5 rings (SSSR count). The van der Waals surface area contributed by atoms with Crippen LogP contribution >= 0.6 is 23.4 Å². The molecule has 0 aliphatic carbocycles. The van der Waals surface area contributed by atoms with Crippen LogP contribution in [0.5, 0.6) is 0 Å². The predicted molar refractivity (Wildman–Crippen MR) is 141 cm³/mol. The fraction of sp³-hybridized carbons (Fsp3) is 0.640. The molecule has 4 N–H and O–H groups in total. The number of aromatic nitrogens is 3. The van der Waals surface area contributed by atoms with Crippen LogP contribution in [-0.4, -0.2) is 75.7 Å². The molecule has 5 heterocycles. The summed E-state index contributed by atoms with van der Waals surface area (Å²) >= 11 is 8.13. The molecular weight excluding hydrogens is 500 g/mol. The van der Waals surface area contributed by atoms with Gasteiger partial charge in [0.2, 0.25) is 0 Å². The van der Waals surface area contributed by atoms with Crippen molar-refractivity contribution in [2.24, 2.45) is 17.1 Å². The summed E-state index contributed by atoms with van der Waals surface area (Å²) in [4.78, 5) is 19.0. The highest BCUT2D eigenvalue weighted by Crippen LogP contribution is 2.43. The molecule has 36 heavy (non-hydrogen) atoms. The van der Waals surface area contributed by atoms with Crippen LogP contribution in [0, 0.1) is 11.3 Å². The number of pyridine rings is 1. The van der Waals surface area contributed by atoms with Crippen LogP contribution in [-0.2, 0) is 11.3 Å². The van der Waals surface area contributed by atoms with Crippen LogP contribution in [0.25, 0.3) is 0 Å². The standard InChI is InChI=1S/C25H35ClN6O3S/c1-15-21(27)25(14-35-15)5-8-31(9-6-25)22-17(13-33)30-19(10-29-22)36-18-4-7-28-23(20(18)26)32-11-16(12-32)24(2,3)34/h4,7,10,15-16,21,33-34H,5-6,8-9,11-14,27H2,1-3H3/t15-,21+/m0/s1. The highest BCUT2D eigenvalue weighted by Gasteiger charge is 2.47. The molecule has 196 valence electrons. The molecule has 0 saturated carbocycles. The van der Waals surface area contributed by atoms with E-state index in [-0.39, 0.29) is 30.1 Å². The highest BCUT2D eigenvalue weighted by atomic mass is 35.5. The lowest BCUT2D eigenvalue weighted by Gasteiger charge is -2.46. The summed E-state index contributed by atoms with van der Waals surface area (Å²) in [5.41, 5.74) is 6.31. The van der Waals surface area contributed by atoms with Gasteiger partial charge in [0.15, 0.2) is 5.82 Å². The Labute approximate surface area is 221 Å². The van der Waals surface area contributed by atoms with E-state index in [1.807, 2.05) is 26.8 Å². The van der Waals surface area contributed by atoms with E-state index in [4.69, 9.17) is 32.0 Å². The molecule has 0 radical (unpaired) electrons. The maximum absolute atomic E-state index is 10.2.